The SMILES string of the molecule is Cc1cc(Br)ccc1OC(Cc1ccccc1)C(C)(CC(C)C)OC(N)=O. The van der Waals surface area contributed by atoms with E-state index in [1.165, 1.54) is 0 Å². The summed E-state index contributed by atoms with van der Waals surface area (Å²) in [4.78, 5) is 11.7. The van der Waals surface area contributed by atoms with E-state index in [1.807, 2.05) is 62.4 Å². The van der Waals surface area contributed by atoms with E-state index in [2.05, 4.69) is 29.8 Å². The monoisotopic (exact) mass is 433 g/mol. The number of primary amides is 1. The summed E-state index contributed by atoms with van der Waals surface area (Å²) in [7, 11) is 0. The Hall–Kier alpha value is -2.01. The first-order valence-electron chi connectivity index (χ1n) is 9.15. The molecule has 0 saturated carbocycles. The van der Waals surface area contributed by atoms with Crippen LogP contribution >= 0.6 is 15.9 Å². The van der Waals surface area contributed by atoms with Gasteiger partial charge in [-0.1, -0.05) is 60.1 Å². The van der Waals surface area contributed by atoms with Crippen LogP contribution in [0.1, 0.15) is 38.3 Å². The van der Waals surface area contributed by atoms with Gasteiger partial charge in [0.1, 0.15) is 17.5 Å². The Labute approximate surface area is 170 Å². The molecule has 0 aliphatic heterocycles. The number of carbonyl (C=O) groups excluding carboxylic acids is 1. The molecule has 0 radical (unpaired) electrons. The molecular formula is C22H28BrNO3. The van der Waals surface area contributed by atoms with Gasteiger partial charge < -0.3 is 15.2 Å². The molecule has 5 heteroatoms. The first kappa shape index (κ1) is 21.3. The van der Waals surface area contributed by atoms with E-state index >= 15 is 0 Å². The molecule has 2 aromatic rings. The molecule has 2 unspecified atom stereocenters. The number of rotatable bonds is 8. The minimum Gasteiger partial charge on any atom is -0.486 e. The zero-order valence-electron chi connectivity index (χ0n) is 16.4. The van der Waals surface area contributed by atoms with Crippen molar-refractivity contribution in [2.24, 2.45) is 11.7 Å². The average Bonchev–Trinajstić information content (AvgIpc) is 2.56. The molecule has 0 aliphatic carbocycles. The van der Waals surface area contributed by atoms with E-state index in [0.29, 0.717) is 18.8 Å². The van der Waals surface area contributed by atoms with Crippen molar-refractivity contribution in [2.75, 3.05) is 0 Å². The summed E-state index contributed by atoms with van der Waals surface area (Å²) >= 11 is 3.48. The molecule has 2 aromatic carbocycles. The van der Waals surface area contributed by atoms with Gasteiger partial charge in [-0.25, -0.2) is 4.79 Å². The number of hydrogen-bond donors (Lipinski definition) is 1. The van der Waals surface area contributed by atoms with Crippen molar-refractivity contribution < 1.29 is 14.3 Å². The van der Waals surface area contributed by atoms with Crippen molar-refractivity contribution in [3.8, 4) is 5.75 Å². The number of aryl methyl sites for hydroxylation is 1. The number of carbonyl (C=O) groups is 1. The van der Waals surface area contributed by atoms with E-state index < -0.39 is 11.7 Å². The van der Waals surface area contributed by atoms with Crippen LogP contribution in [0, 0.1) is 12.8 Å². The highest BCUT2D eigenvalue weighted by Crippen LogP contribution is 2.32. The second-order valence-corrected chi connectivity index (χ2v) is 8.45. The zero-order chi connectivity index (χ0) is 20.0. The first-order chi connectivity index (χ1) is 12.7. The Morgan fingerprint density at radius 1 is 1.19 bits per heavy atom. The molecule has 2 atom stereocenters. The molecule has 0 heterocycles. The molecule has 0 aliphatic rings. The third-order valence-electron chi connectivity index (χ3n) is 4.50. The van der Waals surface area contributed by atoms with Gasteiger partial charge in [0.05, 0.1) is 0 Å². The molecule has 0 spiro atoms. The molecule has 27 heavy (non-hydrogen) atoms. The predicted octanol–water partition coefficient (Wildman–Crippen LogP) is 5.65. The van der Waals surface area contributed by atoms with Gasteiger partial charge >= 0.3 is 6.09 Å². The summed E-state index contributed by atoms with van der Waals surface area (Å²) in [6, 6.07) is 15.9. The fraction of sp³-hybridized carbons (Fsp3) is 0.409. The molecule has 4 nitrogen and oxygen atoms in total. The molecule has 0 saturated heterocycles. The lowest BCUT2D eigenvalue weighted by atomic mass is 9.85. The molecule has 146 valence electrons. The van der Waals surface area contributed by atoms with Gasteiger partial charge in [-0.2, -0.15) is 0 Å². The highest BCUT2D eigenvalue weighted by atomic mass is 79.9. The van der Waals surface area contributed by atoms with E-state index in [4.69, 9.17) is 15.2 Å². The lowest BCUT2D eigenvalue weighted by Crippen LogP contribution is -2.50. The van der Waals surface area contributed by atoms with Gasteiger partial charge in [0.15, 0.2) is 0 Å². The topological polar surface area (TPSA) is 61.6 Å². The maximum absolute atomic E-state index is 11.7. The van der Waals surface area contributed by atoms with Gasteiger partial charge in [-0.05, 0) is 55.5 Å². The Balaban J connectivity index is 2.40. The highest BCUT2D eigenvalue weighted by molar-refractivity contribution is 9.10. The Bertz CT molecular complexity index is 763. The molecule has 2 rings (SSSR count). The number of ether oxygens (including phenoxy) is 2. The number of nitrogens with two attached hydrogens (primary N) is 1. The Kier molecular flexibility index (Phi) is 7.31. The summed E-state index contributed by atoms with van der Waals surface area (Å²) in [5.74, 6) is 1.07. The molecule has 0 bridgehead atoms. The lowest BCUT2D eigenvalue weighted by molar-refractivity contribution is -0.0668. The summed E-state index contributed by atoms with van der Waals surface area (Å²) in [6.45, 7) is 8.08. The van der Waals surface area contributed by atoms with Crippen molar-refractivity contribution in [1.82, 2.24) is 0 Å². The largest absolute Gasteiger partial charge is 0.486 e. The van der Waals surface area contributed by atoms with Crippen LogP contribution in [0.3, 0.4) is 0 Å². The van der Waals surface area contributed by atoms with Crippen LogP contribution in [0.25, 0.3) is 0 Å². The van der Waals surface area contributed by atoms with Crippen LogP contribution in [0.4, 0.5) is 4.79 Å². The maximum Gasteiger partial charge on any atom is 0.405 e. The smallest absolute Gasteiger partial charge is 0.405 e. The number of hydrogen-bond acceptors (Lipinski definition) is 3. The summed E-state index contributed by atoms with van der Waals surface area (Å²) in [6.07, 6.45) is 0.0811. The average molecular weight is 434 g/mol. The van der Waals surface area contributed by atoms with Crippen LogP contribution in [0.2, 0.25) is 0 Å². The van der Waals surface area contributed by atoms with Crippen LogP contribution in [-0.2, 0) is 11.2 Å². The van der Waals surface area contributed by atoms with Crippen LogP contribution < -0.4 is 10.5 Å². The normalized spacial score (nSPS) is 14.4. The summed E-state index contributed by atoms with van der Waals surface area (Å²) in [5, 5.41) is 0. The zero-order valence-corrected chi connectivity index (χ0v) is 18.0. The molecule has 2 N–H and O–H groups in total. The third-order valence-corrected chi connectivity index (χ3v) is 4.99. The van der Waals surface area contributed by atoms with E-state index in [0.717, 1.165) is 21.3 Å². The van der Waals surface area contributed by atoms with Crippen molar-refractivity contribution in [2.45, 2.75) is 52.2 Å². The van der Waals surface area contributed by atoms with E-state index in [1.54, 1.807) is 0 Å². The fourth-order valence-electron chi connectivity index (χ4n) is 3.39. The molecule has 1 amide bonds. The quantitative estimate of drug-likeness (QED) is 0.584. The number of benzene rings is 2. The van der Waals surface area contributed by atoms with Crippen molar-refractivity contribution >= 4 is 22.0 Å². The first-order valence-corrected chi connectivity index (χ1v) is 9.94. The van der Waals surface area contributed by atoms with E-state index in [9.17, 15) is 4.79 Å². The fourth-order valence-corrected chi connectivity index (χ4v) is 3.86. The third kappa shape index (κ3) is 6.28. The number of amides is 1. The van der Waals surface area contributed by atoms with Crippen molar-refractivity contribution in [3.05, 3.63) is 64.1 Å². The van der Waals surface area contributed by atoms with Gasteiger partial charge in [-0.3, -0.25) is 0 Å². The predicted molar refractivity (Wildman–Crippen MR) is 112 cm³/mol. The van der Waals surface area contributed by atoms with Crippen LogP contribution in [0.15, 0.2) is 53.0 Å². The standard InChI is InChI=1S/C22H28BrNO3/c1-15(2)14-22(4,27-21(24)25)20(13-17-8-6-5-7-9-17)26-19-11-10-18(23)12-16(19)3/h5-12,15,20H,13-14H2,1-4H3,(H2,24,25). The second-order valence-electron chi connectivity index (χ2n) is 7.54. The van der Waals surface area contributed by atoms with Gasteiger partial charge in [0, 0.05) is 10.9 Å². The van der Waals surface area contributed by atoms with Gasteiger partial charge in [0.2, 0.25) is 0 Å². The Morgan fingerprint density at radius 2 is 1.85 bits per heavy atom. The van der Waals surface area contributed by atoms with Crippen molar-refractivity contribution in [1.29, 1.82) is 0 Å². The summed E-state index contributed by atoms with van der Waals surface area (Å²) in [5.41, 5.74) is 6.67. The van der Waals surface area contributed by atoms with Crippen LogP contribution in [0.5, 0.6) is 5.75 Å². The maximum atomic E-state index is 11.7. The minimum atomic E-state index is -0.852. The van der Waals surface area contributed by atoms with Crippen LogP contribution in [-0.4, -0.2) is 17.8 Å². The minimum absolute atomic E-state index is 0.308. The lowest BCUT2D eigenvalue weighted by Gasteiger charge is -2.38. The molecule has 0 fully saturated rings. The summed E-state index contributed by atoms with van der Waals surface area (Å²) < 4.78 is 13.0. The second kappa shape index (κ2) is 9.27. The number of halogens is 1. The van der Waals surface area contributed by atoms with E-state index in [-0.39, 0.29) is 6.10 Å². The molecule has 0 aromatic heterocycles. The highest BCUT2D eigenvalue weighted by Gasteiger charge is 2.40. The van der Waals surface area contributed by atoms with Gasteiger partial charge in [0.25, 0.3) is 0 Å². The van der Waals surface area contributed by atoms with Crippen molar-refractivity contribution in [3.63, 3.8) is 0 Å². The Morgan fingerprint density at radius 3 is 2.41 bits per heavy atom. The molecular weight excluding hydrogens is 406 g/mol. The van der Waals surface area contributed by atoms with Gasteiger partial charge in [-0.15, -0.1) is 0 Å².